The van der Waals surface area contributed by atoms with E-state index in [-0.39, 0.29) is 5.91 Å². The van der Waals surface area contributed by atoms with Crippen molar-refractivity contribution in [2.24, 2.45) is 0 Å². The number of imidazole rings is 1. The molecule has 1 N–H and O–H groups in total. The fraction of sp³-hybridized carbons (Fsp3) is 0.176. The Morgan fingerprint density at radius 3 is 2.62 bits per heavy atom. The second kappa shape index (κ2) is 5.05. The molecule has 4 nitrogen and oxygen atoms in total. The summed E-state index contributed by atoms with van der Waals surface area (Å²) in [5.41, 5.74) is 5.57. The molecule has 106 valence electrons. The summed E-state index contributed by atoms with van der Waals surface area (Å²) in [4.78, 5) is 16.7. The summed E-state index contributed by atoms with van der Waals surface area (Å²) in [5.74, 6) is -0.119. The van der Waals surface area contributed by atoms with Crippen molar-refractivity contribution in [1.29, 1.82) is 0 Å². The van der Waals surface area contributed by atoms with Crippen molar-refractivity contribution >= 4 is 17.2 Å². The van der Waals surface area contributed by atoms with Crippen LogP contribution in [0, 0.1) is 20.8 Å². The highest BCUT2D eigenvalue weighted by molar-refractivity contribution is 6.04. The molecule has 0 aliphatic heterocycles. The van der Waals surface area contributed by atoms with Gasteiger partial charge in [-0.3, -0.25) is 4.79 Å². The first-order valence-electron chi connectivity index (χ1n) is 6.87. The molecule has 3 rings (SSSR count). The van der Waals surface area contributed by atoms with Gasteiger partial charge < -0.3 is 9.72 Å². The van der Waals surface area contributed by atoms with Gasteiger partial charge in [-0.25, -0.2) is 4.98 Å². The van der Waals surface area contributed by atoms with Gasteiger partial charge in [-0.15, -0.1) is 0 Å². The fourth-order valence-corrected chi connectivity index (χ4v) is 2.28. The first kappa shape index (κ1) is 13.4. The van der Waals surface area contributed by atoms with Crippen molar-refractivity contribution < 1.29 is 4.79 Å². The molecule has 1 amide bonds. The summed E-state index contributed by atoms with van der Waals surface area (Å²) in [6, 6.07) is 9.54. The van der Waals surface area contributed by atoms with Gasteiger partial charge in [-0.05, 0) is 56.2 Å². The minimum atomic E-state index is -0.119. The molecule has 0 bridgehead atoms. The summed E-state index contributed by atoms with van der Waals surface area (Å²) in [6.07, 6.45) is 3.70. The predicted molar refractivity (Wildman–Crippen MR) is 83.8 cm³/mol. The Bertz CT molecular complexity index is 833. The van der Waals surface area contributed by atoms with Gasteiger partial charge in [0.25, 0.3) is 5.91 Å². The van der Waals surface area contributed by atoms with Crippen molar-refractivity contribution in [2.45, 2.75) is 20.8 Å². The van der Waals surface area contributed by atoms with Crippen LogP contribution < -0.4 is 5.32 Å². The van der Waals surface area contributed by atoms with Crippen molar-refractivity contribution in [3.63, 3.8) is 0 Å². The monoisotopic (exact) mass is 279 g/mol. The summed E-state index contributed by atoms with van der Waals surface area (Å²) in [7, 11) is 0. The van der Waals surface area contributed by atoms with E-state index in [1.807, 2.05) is 48.7 Å². The van der Waals surface area contributed by atoms with Gasteiger partial charge >= 0.3 is 0 Å². The van der Waals surface area contributed by atoms with E-state index in [9.17, 15) is 4.79 Å². The number of hydrogen-bond donors (Lipinski definition) is 1. The van der Waals surface area contributed by atoms with Crippen LogP contribution in [0.25, 0.3) is 5.65 Å². The molecule has 2 heterocycles. The van der Waals surface area contributed by atoms with Crippen LogP contribution in [-0.4, -0.2) is 15.3 Å². The van der Waals surface area contributed by atoms with E-state index in [1.54, 1.807) is 12.3 Å². The molecule has 0 radical (unpaired) electrons. The number of pyridine rings is 1. The Labute approximate surface area is 123 Å². The lowest BCUT2D eigenvalue weighted by Crippen LogP contribution is -2.12. The summed E-state index contributed by atoms with van der Waals surface area (Å²) in [6.45, 7) is 6.02. The van der Waals surface area contributed by atoms with Crippen LogP contribution in [0.2, 0.25) is 0 Å². The first-order valence-corrected chi connectivity index (χ1v) is 6.87. The molecule has 0 aliphatic rings. The number of carbonyl (C=O) groups is 1. The smallest absolute Gasteiger partial charge is 0.257 e. The van der Waals surface area contributed by atoms with Crippen LogP contribution in [0.4, 0.5) is 5.69 Å². The molecule has 0 saturated heterocycles. The quantitative estimate of drug-likeness (QED) is 0.780. The second-order valence-corrected chi connectivity index (χ2v) is 5.32. The Kier molecular flexibility index (Phi) is 3.22. The Morgan fingerprint density at radius 1 is 1.05 bits per heavy atom. The molecule has 21 heavy (non-hydrogen) atoms. The standard InChI is InChI=1S/C17H17N3O/c1-11-4-6-15(8-12(11)2)19-17(21)14-5-7-16-18-13(3)9-20(16)10-14/h4-10H,1-3H3,(H,19,21). The lowest BCUT2D eigenvalue weighted by molar-refractivity contribution is 0.102. The fourth-order valence-electron chi connectivity index (χ4n) is 2.28. The summed E-state index contributed by atoms with van der Waals surface area (Å²) < 4.78 is 1.87. The highest BCUT2D eigenvalue weighted by Crippen LogP contribution is 2.15. The Morgan fingerprint density at radius 2 is 1.86 bits per heavy atom. The molecule has 4 heteroatoms. The third kappa shape index (κ3) is 2.65. The maximum Gasteiger partial charge on any atom is 0.257 e. The summed E-state index contributed by atoms with van der Waals surface area (Å²) >= 11 is 0. The number of carbonyl (C=O) groups excluding carboxylic acids is 1. The molecule has 2 aromatic heterocycles. The lowest BCUT2D eigenvalue weighted by atomic mass is 10.1. The predicted octanol–water partition coefficient (Wildman–Crippen LogP) is 3.51. The zero-order valence-corrected chi connectivity index (χ0v) is 12.3. The van der Waals surface area contributed by atoms with Crippen LogP contribution in [0.3, 0.4) is 0 Å². The number of benzene rings is 1. The van der Waals surface area contributed by atoms with E-state index in [1.165, 1.54) is 5.56 Å². The Hall–Kier alpha value is -2.62. The van der Waals surface area contributed by atoms with Crippen LogP contribution >= 0.6 is 0 Å². The molecule has 0 fully saturated rings. The van der Waals surface area contributed by atoms with Gasteiger partial charge in [-0.2, -0.15) is 0 Å². The average molecular weight is 279 g/mol. The maximum atomic E-state index is 12.3. The normalized spacial score (nSPS) is 10.8. The van der Waals surface area contributed by atoms with Gasteiger partial charge in [0.2, 0.25) is 0 Å². The molecular weight excluding hydrogens is 262 g/mol. The van der Waals surface area contributed by atoms with E-state index in [0.29, 0.717) is 5.56 Å². The largest absolute Gasteiger partial charge is 0.322 e. The second-order valence-electron chi connectivity index (χ2n) is 5.32. The SMILES string of the molecule is Cc1cn2cc(C(=O)Nc3ccc(C)c(C)c3)ccc2n1. The molecule has 0 aliphatic carbocycles. The van der Waals surface area contributed by atoms with Gasteiger partial charge in [0.15, 0.2) is 0 Å². The van der Waals surface area contributed by atoms with Crippen LogP contribution in [0.5, 0.6) is 0 Å². The van der Waals surface area contributed by atoms with Crippen molar-refractivity contribution in [1.82, 2.24) is 9.38 Å². The maximum absolute atomic E-state index is 12.3. The highest BCUT2D eigenvalue weighted by Gasteiger charge is 2.08. The number of rotatable bonds is 2. The van der Waals surface area contributed by atoms with Gasteiger partial charge in [-0.1, -0.05) is 6.07 Å². The first-order chi connectivity index (χ1) is 10.0. The molecule has 3 aromatic rings. The minimum Gasteiger partial charge on any atom is -0.322 e. The number of hydrogen-bond acceptors (Lipinski definition) is 2. The van der Waals surface area contributed by atoms with Crippen LogP contribution in [-0.2, 0) is 0 Å². The number of anilines is 1. The highest BCUT2D eigenvalue weighted by atomic mass is 16.1. The van der Waals surface area contributed by atoms with Crippen molar-refractivity contribution in [3.8, 4) is 0 Å². The molecular formula is C17H17N3O. The van der Waals surface area contributed by atoms with E-state index in [2.05, 4.69) is 17.2 Å². The number of amides is 1. The van der Waals surface area contributed by atoms with E-state index in [4.69, 9.17) is 0 Å². The average Bonchev–Trinajstić information content (AvgIpc) is 2.82. The third-order valence-corrected chi connectivity index (χ3v) is 3.60. The topological polar surface area (TPSA) is 46.4 Å². The van der Waals surface area contributed by atoms with Crippen LogP contribution in [0.15, 0.2) is 42.7 Å². The molecule has 0 atom stereocenters. The van der Waals surface area contributed by atoms with Gasteiger partial charge in [0.1, 0.15) is 5.65 Å². The van der Waals surface area contributed by atoms with Crippen molar-refractivity contribution in [3.05, 3.63) is 65.1 Å². The zero-order chi connectivity index (χ0) is 15.0. The van der Waals surface area contributed by atoms with Gasteiger partial charge in [0, 0.05) is 18.1 Å². The van der Waals surface area contributed by atoms with E-state index in [0.717, 1.165) is 22.6 Å². The number of aromatic nitrogens is 2. The van der Waals surface area contributed by atoms with E-state index < -0.39 is 0 Å². The molecule has 0 unspecified atom stereocenters. The number of nitrogens with one attached hydrogen (secondary N) is 1. The number of fused-ring (bicyclic) bond motifs is 1. The van der Waals surface area contributed by atoms with Gasteiger partial charge in [0.05, 0.1) is 11.3 Å². The number of aryl methyl sites for hydroxylation is 3. The molecule has 1 aromatic carbocycles. The van der Waals surface area contributed by atoms with Crippen LogP contribution in [0.1, 0.15) is 27.2 Å². The lowest BCUT2D eigenvalue weighted by Gasteiger charge is -2.08. The molecule has 0 spiro atoms. The molecule has 0 saturated carbocycles. The Balaban J connectivity index is 1.87. The summed E-state index contributed by atoms with van der Waals surface area (Å²) in [5, 5.41) is 2.93. The van der Waals surface area contributed by atoms with E-state index >= 15 is 0 Å². The number of nitrogens with zero attached hydrogens (tertiary/aromatic N) is 2. The van der Waals surface area contributed by atoms with Crippen molar-refractivity contribution in [2.75, 3.05) is 5.32 Å². The zero-order valence-electron chi connectivity index (χ0n) is 12.3. The third-order valence-electron chi connectivity index (χ3n) is 3.60. The minimum absolute atomic E-state index is 0.119.